The van der Waals surface area contributed by atoms with E-state index in [-0.39, 0.29) is 31.6 Å². The molecule has 7 nitrogen and oxygen atoms in total. The monoisotopic (exact) mass is 396 g/mol. The van der Waals surface area contributed by atoms with Crippen LogP contribution < -0.4 is 5.32 Å². The van der Waals surface area contributed by atoms with Gasteiger partial charge >= 0.3 is 5.97 Å². The molecule has 1 aliphatic heterocycles. The molecule has 0 saturated carbocycles. The van der Waals surface area contributed by atoms with Gasteiger partial charge in [-0.2, -0.15) is 0 Å². The maximum Gasteiger partial charge on any atom is 0.333 e. The summed E-state index contributed by atoms with van der Waals surface area (Å²) in [5.41, 5.74) is 0. The second-order valence-corrected chi connectivity index (χ2v) is 8.38. The van der Waals surface area contributed by atoms with Crippen LogP contribution in [-0.2, 0) is 24.0 Å². The van der Waals surface area contributed by atoms with Crippen LogP contribution in [0.1, 0.15) is 85.5 Å². The average molecular weight is 397 g/mol. The maximum atomic E-state index is 11.8. The fourth-order valence-electron chi connectivity index (χ4n) is 3.38. The summed E-state index contributed by atoms with van der Waals surface area (Å²) in [6.07, 6.45) is 5.17. The first-order valence-electron chi connectivity index (χ1n) is 10.5. The summed E-state index contributed by atoms with van der Waals surface area (Å²) in [5, 5.41) is 3.41. The number of nitrogens with zero attached hydrogens (tertiary/aromatic N) is 1. The Labute approximate surface area is 168 Å². The van der Waals surface area contributed by atoms with Crippen LogP contribution in [0.5, 0.6) is 0 Å². The van der Waals surface area contributed by atoms with E-state index in [9.17, 15) is 19.2 Å². The van der Waals surface area contributed by atoms with E-state index in [1.54, 1.807) is 0 Å². The Morgan fingerprint density at radius 3 is 2.21 bits per heavy atom. The number of amides is 3. The van der Waals surface area contributed by atoms with E-state index in [1.807, 2.05) is 0 Å². The molecule has 1 atom stereocenters. The van der Waals surface area contributed by atoms with Gasteiger partial charge in [0, 0.05) is 32.2 Å². The number of carbonyl (C=O) groups excluding carboxylic acids is 4. The molecular formula is C21H36N2O5. The van der Waals surface area contributed by atoms with Crippen LogP contribution >= 0.6 is 0 Å². The van der Waals surface area contributed by atoms with Gasteiger partial charge in [-0.1, -0.05) is 40.5 Å². The molecule has 0 aromatic carbocycles. The van der Waals surface area contributed by atoms with Crippen LogP contribution in [0.4, 0.5) is 0 Å². The summed E-state index contributed by atoms with van der Waals surface area (Å²) in [6.45, 7) is 9.70. The van der Waals surface area contributed by atoms with Crippen molar-refractivity contribution >= 4 is 23.7 Å². The van der Waals surface area contributed by atoms with E-state index in [0.29, 0.717) is 29.9 Å². The van der Waals surface area contributed by atoms with Gasteiger partial charge in [-0.25, -0.2) is 4.79 Å². The van der Waals surface area contributed by atoms with Crippen molar-refractivity contribution in [3.8, 4) is 0 Å². The van der Waals surface area contributed by atoms with Gasteiger partial charge in [-0.05, 0) is 37.0 Å². The third kappa shape index (κ3) is 9.33. The summed E-state index contributed by atoms with van der Waals surface area (Å²) >= 11 is 0. The molecule has 0 spiro atoms. The SMILES string of the molecule is CC(C)CC(CCCCNC(=O)CCCC(=O)ON1C(=O)CCC1=O)C(C)C. The number of nitrogens with one attached hydrogen (secondary N) is 1. The lowest BCUT2D eigenvalue weighted by Crippen LogP contribution is -2.32. The molecule has 0 aromatic heterocycles. The smallest absolute Gasteiger partial charge is 0.333 e. The minimum atomic E-state index is -0.665. The minimum absolute atomic E-state index is 0.00422. The van der Waals surface area contributed by atoms with Crippen molar-refractivity contribution < 1.29 is 24.0 Å². The zero-order valence-electron chi connectivity index (χ0n) is 17.8. The Morgan fingerprint density at radius 2 is 1.64 bits per heavy atom. The van der Waals surface area contributed by atoms with E-state index >= 15 is 0 Å². The van der Waals surface area contributed by atoms with Gasteiger partial charge in [0.15, 0.2) is 0 Å². The first-order chi connectivity index (χ1) is 13.2. The number of rotatable bonds is 13. The van der Waals surface area contributed by atoms with Gasteiger partial charge in [-0.3, -0.25) is 14.4 Å². The highest BCUT2D eigenvalue weighted by molar-refractivity contribution is 6.01. The van der Waals surface area contributed by atoms with E-state index < -0.39 is 17.8 Å². The van der Waals surface area contributed by atoms with Gasteiger partial charge in [0.25, 0.3) is 11.8 Å². The van der Waals surface area contributed by atoms with Crippen molar-refractivity contribution in [1.82, 2.24) is 10.4 Å². The summed E-state index contributed by atoms with van der Waals surface area (Å²) < 4.78 is 0. The molecule has 1 rings (SSSR count). The highest BCUT2D eigenvalue weighted by Crippen LogP contribution is 2.25. The van der Waals surface area contributed by atoms with Crippen molar-refractivity contribution in [2.24, 2.45) is 17.8 Å². The number of hydroxylamine groups is 2. The van der Waals surface area contributed by atoms with Crippen molar-refractivity contribution in [2.45, 2.75) is 85.5 Å². The van der Waals surface area contributed by atoms with Crippen molar-refractivity contribution in [3.05, 3.63) is 0 Å². The molecule has 0 aliphatic carbocycles. The van der Waals surface area contributed by atoms with Crippen LogP contribution in [0.3, 0.4) is 0 Å². The topological polar surface area (TPSA) is 92.8 Å². The lowest BCUT2D eigenvalue weighted by molar-refractivity contribution is -0.197. The van der Waals surface area contributed by atoms with E-state index in [4.69, 9.17) is 4.84 Å². The number of imide groups is 1. The second-order valence-electron chi connectivity index (χ2n) is 8.38. The Morgan fingerprint density at radius 1 is 1.00 bits per heavy atom. The zero-order chi connectivity index (χ0) is 21.1. The molecular weight excluding hydrogens is 360 g/mol. The average Bonchev–Trinajstić information content (AvgIpc) is 2.92. The normalized spacial score (nSPS) is 15.4. The molecule has 28 heavy (non-hydrogen) atoms. The highest BCUT2D eigenvalue weighted by Gasteiger charge is 2.32. The third-order valence-electron chi connectivity index (χ3n) is 5.02. The molecule has 0 bridgehead atoms. The molecule has 1 unspecified atom stereocenters. The molecule has 0 aromatic rings. The zero-order valence-corrected chi connectivity index (χ0v) is 17.8. The Bertz CT molecular complexity index is 529. The fraction of sp³-hybridized carbons (Fsp3) is 0.810. The first kappa shape index (κ1) is 24.1. The third-order valence-corrected chi connectivity index (χ3v) is 5.02. The van der Waals surface area contributed by atoms with Gasteiger partial charge in [0.05, 0.1) is 0 Å². The van der Waals surface area contributed by atoms with Crippen LogP contribution in [-0.4, -0.2) is 35.3 Å². The summed E-state index contributed by atoms with van der Waals surface area (Å²) in [4.78, 5) is 51.0. The highest BCUT2D eigenvalue weighted by atomic mass is 16.7. The van der Waals surface area contributed by atoms with Crippen molar-refractivity contribution in [1.29, 1.82) is 0 Å². The van der Waals surface area contributed by atoms with Crippen molar-refractivity contribution in [2.75, 3.05) is 6.54 Å². The molecule has 0 radical (unpaired) electrons. The summed E-state index contributed by atoms with van der Waals surface area (Å²) in [7, 11) is 0. The summed E-state index contributed by atoms with van der Waals surface area (Å²) in [5.74, 6) is 0.373. The number of hydrogen-bond donors (Lipinski definition) is 1. The van der Waals surface area contributed by atoms with E-state index in [1.165, 1.54) is 12.8 Å². The number of hydrogen-bond acceptors (Lipinski definition) is 5. The van der Waals surface area contributed by atoms with Crippen LogP contribution in [0.2, 0.25) is 0 Å². The molecule has 160 valence electrons. The maximum absolute atomic E-state index is 11.8. The van der Waals surface area contributed by atoms with E-state index in [2.05, 4.69) is 33.0 Å². The molecule has 7 heteroatoms. The minimum Gasteiger partial charge on any atom is -0.356 e. The van der Waals surface area contributed by atoms with Gasteiger partial charge in [0.1, 0.15) is 0 Å². The molecule has 1 N–H and O–H groups in total. The molecule has 1 heterocycles. The van der Waals surface area contributed by atoms with Gasteiger partial charge in [0.2, 0.25) is 5.91 Å². The quantitative estimate of drug-likeness (QED) is 0.381. The molecule has 1 saturated heterocycles. The summed E-state index contributed by atoms with van der Waals surface area (Å²) in [6, 6.07) is 0. The largest absolute Gasteiger partial charge is 0.356 e. The Hall–Kier alpha value is -1.92. The standard InChI is InChI=1S/C21H36N2O5/c1-15(2)14-17(16(3)4)8-5-6-13-22-18(24)9-7-10-21(27)28-23-19(25)11-12-20(23)26/h15-17H,5-14H2,1-4H3,(H,22,24). The number of carbonyl (C=O) groups is 4. The lowest BCUT2D eigenvalue weighted by Gasteiger charge is -2.22. The molecule has 1 aliphatic rings. The van der Waals surface area contributed by atoms with Crippen LogP contribution in [0.15, 0.2) is 0 Å². The first-order valence-corrected chi connectivity index (χ1v) is 10.5. The van der Waals surface area contributed by atoms with E-state index in [0.717, 1.165) is 18.8 Å². The van der Waals surface area contributed by atoms with Gasteiger partial charge in [-0.15, -0.1) is 5.06 Å². The Balaban J connectivity index is 2.09. The fourth-order valence-corrected chi connectivity index (χ4v) is 3.38. The Kier molecular flexibility index (Phi) is 10.8. The van der Waals surface area contributed by atoms with Crippen molar-refractivity contribution in [3.63, 3.8) is 0 Å². The molecule has 1 fully saturated rings. The predicted octanol–water partition coefficient (Wildman–Crippen LogP) is 3.37. The lowest BCUT2D eigenvalue weighted by atomic mass is 9.84. The second kappa shape index (κ2) is 12.5. The molecule has 3 amide bonds. The van der Waals surface area contributed by atoms with Crippen LogP contribution in [0, 0.1) is 17.8 Å². The number of unbranched alkanes of at least 4 members (excludes halogenated alkanes) is 1. The van der Waals surface area contributed by atoms with Crippen LogP contribution in [0.25, 0.3) is 0 Å². The van der Waals surface area contributed by atoms with Gasteiger partial charge < -0.3 is 10.2 Å². The predicted molar refractivity (Wildman–Crippen MR) is 106 cm³/mol.